The summed E-state index contributed by atoms with van der Waals surface area (Å²) < 4.78 is 42.3. The molecule has 0 aliphatic rings. The van der Waals surface area contributed by atoms with Gasteiger partial charge in [0.2, 0.25) is 0 Å². The van der Waals surface area contributed by atoms with Crippen molar-refractivity contribution in [3.63, 3.8) is 0 Å². The summed E-state index contributed by atoms with van der Waals surface area (Å²) in [6, 6.07) is 17.3. The smallest absolute Gasteiger partial charge is 0.390 e. The zero-order chi connectivity index (χ0) is 18.8. The van der Waals surface area contributed by atoms with Crippen LogP contribution >= 0.6 is 0 Å². The van der Waals surface area contributed by atoms with Crippen LogP contribution < -0.4 is 15.4 Å². The Hall–Kier alpha value is -2.70. The summed E-state index contributed by atoms with van der Waals surface area (Å²) in [4.78, 5) is 3.92. The molecule has 0 radical (unpaired) electrons. The van der Waals surface area contributed by atoms with E-state index in [0.717, 1.165) is 16.9 Å². The number of rotatable bonds is 7. The molecule has 0 saturated carbocycles. The van der Waals surface area contributed by atoms with Crippen molar-refractivity contribution in [2.24, 2.45) is 4.99 Å². The quantitative estimate of drug-likeness (QED) is 0.578. The molecule has 0 spiro atoms. The van der Waals surface area contributed by atoms with Crippen LogP contribution in [0.3, 0.4) is 0 Å². The monoisotopic (exact) mass is 365 g/mol. The fourth-order valence-electron chi connectivity index (χ4n) is 2.24. The molecule has 4 nitrogen and oxygen atoms in total. The topological polar surface area (TPSA) is 45.7 Å². The number of para-hydroxylation sites is 1. The van der Waals surface area contributed by atoms with Gasteiger partial charge in [-0.05, 0) is 23.3 Å². The van der Waals surface area contributed by atoms with Gasteiger partial charge in [0.1, 0.15) is 12.4 Å². The van der Waals surface area contributed by atoms with Crippen LogP contribution in [0.1, 0.15) is 17.5 Å². The first kappa shape index (κ1) is 19.6. The third-order valence-electron chi connectivity index (χ3n) is 3.52. The van der Waals surface area contributed by atoms with Gasteiger partial charge in [-0.1, -0.05) is 42.5 Å². The number of hydrogen-bond donors (Lipinski definition) is 2. The Morgan fingerprint density at radius 2 is 1.73 bits per heavy atom. The van der Waals surface area contributed by atoms with E-state index in [1.807, 2.05) is 54.6 Å². The molecular weight excluding hydrogens is 343 g/mol. The van der Waals surface area contributed by atoms with Gasteiger partial charge in [-0.2, -0.15) is 13.2 Å². The molecule has 0 heterocycles. The number of aliphatic imine (C=N–C) groups is 1. The minimum Gasteiger partial charge on any atom is -0.489 e. The number of nitrogens with zero attached hydrogens (tertiary/aromatic N) is 1. The predicted octanol–water partition coefficient (Wildman–Crippen LogP) is 3.88. The van der Waals surface area contributed by atoms with Gasteiger partial charge in [0.15, 0.2) is 5.96 Å². The van der Waals surface area contributed by atoms with Crippen LogP contribution in [0, 0.1) is 0 Å². The highest BCUT2D eigenvalue weighted by Crippen LogP contribution is 2.18. The highest BCUT2D eigenvalue weighted by atomic mass is 19.4. The summed E-state index contributed by atoms with van der Waals surface area (Å²) in [6.07, 6.45) is -5.08. The van der Waals surface area contributed by atoms with Crippen LogP contribution in [0.2, 0.25) is 0 Å². The first-order chi connectivity index (χ1) is 12.5. The lowest BCUT2D eigenvalue weighted by Crippen LogP contribution is -2.38. The lowest BCUT2D eigenvalue weighted by Gasteiger charge is -2.13. The van der Waals surface area contributed by atoms with Gasteiger partial charge in [-0.25, -0.2) is 0 Å². The van der Waals surface area contributed by atoms with E-state index in [1.54, 1.807) is 0 Å². The Morgan fingerprint density at radius 1 is 1.00 bits per heavy atom. The zero-order valence-electron chi connectivity index (χ0n) is 14.5. The second kappa shape index (κ2) is 9.70. The van der Waals surface area contributed by atoms with Crippen LogP contribution in [0.25, 0.3) is 0 Å². The largest absolute Gasteiger partial charge is 0.489 e. The number of nitrogens with one attached hydrogen (secondary N) is 2. The minimum atomic E-state index is -4.18. The van der Waals surface area contributed by atoms with Crippen molar-refractivity contribution in [1.82, 2.24) is 10.6 Å². The lowest BCUT2D eigenvalue weighted by molar-refractivity contribution is -0.132. The predicted molar refractivity (Wildman–Crippen MR) is 96.1 cm³/mol. The molecule has 0 saturated heterocycles. The van der Waals surface area contributed by atoms with E-state index in [4.69, 9.17) is 4.74 Å². The Morgan fingerprint density at radius 3 is 2.42 bits per heavy atom. The van der Waals surface area contributed by atoms with Crippen molar-refractivity contribution in [3.05, 3.63) is 65.7 Å². The van der Waals surface area contributed by atoms with E-state index in [9.17, 15) is 13.2 Å². The Bertz CT molecular complexity index is 703. The molecule has 0 aliphatic carbocycles. The molecule has 0 fully saturated rings. The van der Waals surface area contributed by atoms with Gasteiger partial charge in [0.25, 0.3) is 0 Å². The molecule has 2 aromatic rings. The lowest BCUT2D eigenvalue weighted by atomic mass is 10.1. The number of ether oxygens (including phenoxy) is 1. The molecule has 0 aromatic heterocycles. The van der Waals surface area contributed by atoms with E-state index in [2.05, 4.69) is 15.6 Å². The maximum Gasteiger partial charge on any atom is 0.390 e. The summed E-state index contributed by atoms with van der Waals surface area (Å²) in [5.74, 6) is 1.13. The number of hydrogen-bond acceptors (Lipinski definition) is 2. The molecule has 2 aromatic carbocycles. The number of halogens is 3. The van der Waals surface area contributed by atoms with Gasteiger partial charge in [0.05, 0.1) is 6.42 Å². The molecule has 0 atom stereocenters. The molecule has 7 heteroatoms. The average Bonchev–Trinajstić information content (AvgIpc) is 2.63. The van der Waals surface area contributed by atoms with E-state index < -0.39 is 12.6 Å². The maximum absolute atomic E-state index is 12.2. The standard InChI is InChI=1S/C19H22F3N3O/c1-23-18(24-11-10-19(20,21)22)25-13-15-6-5-7-16(12-15)14-26-17-8-3-2-4-9-17/h2-9,12H,10-11,13-14H2,1H3,(H2,23,24,25). The van der Waals surface area contributed by atoms with Crippen molar-refractivity contribution in [2.75, 3.05) is 13.6 Å². The molecule has 2 N–H and O–H groups in total. The number of benzene rings is 2. The Balaban J connectivity index is 1.81. The van der Waals surface area contributed by atoms with Crippen molar-refractivity contribution >= 4 is 5.96 Å². The van der Waals surface area contributed by atoms with Gasteiger partial charge in [-0.3, -0.25) is 4.99 Å². The summed E-state index contributed by atoms with van der Waals surface area (Å²) in [5, 5.41) is 5.66. The van der Waals surface area contributed by atoms with Gasteiger partial charge in [-0.15, -0.1) is 0 Å². The van der Waals surface area contributed by atoms with Crippen LogP contribution in [0.5, 0.6) is 5.75 Å². The summed E-state index contributed by atoms with van der Waals surface area (Å²) in [6.45, 7) is 0.676. The highest BCUT2D eigenvalue weighted by molar-refractivity contribution is 5.79. The number of guanidine groups is 1. The fraction of sp³-hybridized carbons (Fsp3) is 0.316. The summed E-state index contributed by atoms with van der Waals surface area (Å²) >= 11 is 0. The van der Waals surface area contributed by atoms with Crippen molar-refractivity contribution in [2.45, 2.75) is 25.7 Å². The highest BCUT2D eigenvalue weighted by Gasteiger charge is 2.26. The van der Waals surface area contributed by atoms with Crippen molar-refractivity contribution in [3.8, 4) is 5.75 Å². The van der Waals surface area contributed by atoms with E-state index in [0.29, 0.717) is 19.1 Å². The van der Waals surface area contributed by atoms with Crippen LogP contribution in [-0.2, 0) is 13.2 Å². The summed E-state index contributed by atoms with van der Waals surface area (Å²) in [5.41, 5.74) is 1.99. The zero-order valence-corrected chi connectivity index (χ0v) is 14.5. The van der Waals surface area contributed by atoms with Crippen molar-refractivity contribution in [1.29, 1.82) is 0 Å². The van der Waals surface area contributed by atoms with Gasteiger partial charge in [0, 0.05) is 20.1 Å². The van der Waals surface area contributed by atoms with E-state index in [1.165, 1.54) is 7.05 Å². The molecule has 2 rings (SSSR count). The Labute approximate surface area is 151 Å². The van der Waals surface area contributed by atoms with Crippen molar-refractivity contribution < 1.29 is 17.9 Å². The van der Waals surface area contributed by atoms with E-state index in [-0.39, 0.29) is 6.54 Å². The molecule has 0 bridgehead atoms. The van der Waals surface area contributed by atoms with Gasteiger partial charge >= 0.3 is 6.18 Å². The molecule has 140 valence electrons. The Kier molecular flexibility index (Phi) is 7.32. The average molecular weight is 365 g/mol. The normalized spacial score (nSPS) is 11.9. The summed E-state index contributed by atoms with van der Waals surface area (Å²) in [7, 11) is 1.52. The van der Waals surface area contributed by atoms with Gasteiger partial charge < -0.3 is 15.4 Å². The van der Waals surface area contributed by atoms with Crippen LogP contribution in [0.15, 0.2) is 59.6 Å². The first-order valence-electron chi connectivity index (χ1n) is 8.23. The number of alkyl halides is 3. The van der Waals surface area contributed by atoms with E-state index >= 15 is 0 Å². The molecule has 0 unspecified atom stereocenters. The molecule has 0 aliphatic heterocycles. The second-order valence-corrected chi connectivity index (χ2v) is 5.64. The third kappa shape index (κ3) is 7.46. The second-order valence-electron chi connectivity index (χ2n) is 5.64. The fourth-order valence-corrected chi connectivity index (χ4v) is 2.24. The first-order valence-corrected chi connectivity index (χ1v) is 8.23. The molecule has 26 heavy (non-hydrogen) atoms. The van der Waals surface area contributed by atoms with Crippen LogP contribution in [-0.4, -0.2) is 25.7 Å². The van der Waals surface area contributed by atoms with Crippen LogP contribution in [0.4, 0.5) is 13.2 Å². The third-order valence-corrected chi connectivity index (χ3v) is 3.52. The minimum absolute atomic E-state index is 0.214. The molecule has 0 amide bonds. The maximum atomic E-state index is 12.2. The molecular formula is C19H22F3N3O. The SMILES string of the molecule is CN=C(NCCC(F)(F)F)NCc1cccc(COc2ccccc2)c1.